The molecule has 1 rings (SSSR count). The molecule has 0 spiro atoms. The Morgan fingerprint density at radius 3 is 2.25 bits per heavy atom. The quantitative estimate of drug-likeness (QED) is 0.643. The van der Waals surface area contributed by atoms with Gasteiger partial charge in [-0.2, -0.15) is 0 Å². The number of hydrogen-bond acceptors (Lipinski definition) is 3. The third-order valence-corrected chi connectivity index (χ3v) is 2.75. The zero-order valence-corrected chi connectivity index (χ0v) is 10.8. The molecule has 0 saturated carbocycles. The lowest BCUT2D eigenvalue weighted by atomic mass is 9.97. The van der Waals surface area contributed by atoms with Crippen LogP contribution in [0.25, 0.3) is 0 Å². The summed E-state index contributed by atoms with van der Waals surface area (Å²) in [7, 11) is 0. The number of rotatable bonds is 4. The largest absolute Gasteiger partial charge is 0.394 e. The highest BCUT2D eigenvalue weighted by atomic mass is 32.1. The molecule has 0 aromatic heterocycles. The molecule has 0 radical (unpaired) electrons. The predicted molar refractivity (Wildman–Crippen MR) is 68.5 cm³/mol. The van der Waals surface area contributed by atoms with Crippen molar-refractivity contribution in [2.75, 3.05) is 0 Å². The van der Waals surface area contributed by atoms with Crippen LogP contribution in [0.4, 0.5) is 0 Å². The van der Waals surface area contributed by atoms with Gasteiger partial charge in [-0.1, -0.05) is 38.1 Å². The smallest absolute Gasteiger partial charge is 0.324 e. The molecule has 0 bridgehead atoms. The molecule has 0 aliphatic heterocycles. The van der Waals surface area contributed by atoms with Gasteiger partial charge < -0.3 is 4.18 Å². The molecule has 0 aliphatic rings. The van der Waals surface area contributed by atoms with Crippen molar-refractivity contribution in [1.29, 1.82) is 0 Å². The Hall–Kier alpha value is -0.960. The lowest BCUT2D eigenvalue weighted by Gasteiger charge is -2.10. The Kier molecular flexibility index (Phi) is 4.87. The van der Waals surface area contributed by atoms with Crippen LogP contribution in [0.3, 0.4) is 0 Å². The van der Waals surface area contributed by atoms with Crippen molar-refractivity contribution < 1.29 is 8.98 Å². The molecule has 0 N–H and O–H groups in total. The van der Waals surface area contributed by atoms with E-state index in [9.17, 15) is 4.79 Å². The van der Waals surface area contributed by atoms with E-state index in [0.29, 0.717) is 5.92 Å². The maximum atomic E-state index is 11.3. The monoisotopic (exact) mass is 238 g/mol. The molecule has 0 saturated heterocycles. The first-order valence-corrected chi connectivity index (χ1v) is 5.85. The summed E-state index contributed by atoms with van der Waals surface area (Å²) in [6, 6.07) is 8.09. The molecule has 88 valence electrons. The fourth-order valence-electron chi connectivity index (χ4n) is 1.63. The molecular formula is C13H18O2S. The minimum Gasteiger partial charge on any atom is -0.394 e. The van der Waals surface area contributed by atoms with Crippen molar-refractivity contribution in [2.45, 2.75) is 33.1 Å². The van der Waals surface area contributed by atoms with E-state index in [-0.39, 0.29) is 11.9 Å². The summed E-state index contributed by atoms with van der Waals surface area (Å²) in [6.07, 6.45) is 1.06. The van der Waals surface area contributed by atoms with E-state index in [2.05, 4.69) is 43.1 Å². The van der Waals surface area contributed by atoms with Crippen LogP contribution in [0.5, 0.6) is 0 Å². The molecule has 0 fully saturated rings. The highest BCUT2D eigenvalue weighted by Gasteiger charge is 2.15. The summed E-state index contributed by atoms with van der Waals surface area (Å²) in [5, 5.41) is 0. The Morgan fingerprint density at radius 2 is 1.81 bits per heavy atom. The van der Waals surface area contributed by atoms with E-state index in [4.69, 9.17) is 0 Å². The van der Waals surface area contributed by atoms with Gasteiger partial charge in [0.05, 0.1) is 5.92 Å². The SMILES string of the molecule is CC(C)Cc1ccc(C(C)C(=O)OS)cc1. The normalized spacial score (nSPS) is 12.6. The second-order valence-electron chi connectivity index (χ2n) is 4.47. The predicted octanol–water partition coefficient (Wildman–Crippen LogP) is 3.38. The van der Waals surface area contributed by atoms with Crippen LogP contribution in [0, 0.1) is 5.92 Å². The van der Waals surface area contributed by atoms with E-state index < -0.39 is 0 Å². The highest BCUT2D eigenvalue weighted by Crippen LogP contribution is 2.19. The fourth-order valence-corrected chi connectivity index (χ4v) is 1.79. The van der Waals surface area contributed by atoms with Crippen LogP contribution in [-0.4, -0.2) is 5.97 Å². The van der Waals surface area contributed by atoms with Gasteiger partial charge >= 0.3 is 5.97 Å². The van der Waals surface area contributed by atoms with Gasteiger partial charge in [-0.3, -0.25) is 4.79 Å². The summed E-state index contributed by atoms with van der Waals surface area (Å²) >= 11 is 3.52. The van der Waals surface area contributed by atoms with Gasteiger partial charge in [0.15, 0.2) is 0 Å². The van der Waals surface area contributed by atoms with Gasteiger partial charge in [-0.25, -0.2) is 0 Å². The van der Waals surface area contributed by atoms with Crippen LogP contribution >= 0.6 is 12.9 Å². The Bertz CT molecular complexity index is 343. The first-order chi connectivity index (χ1) is 7.54. The van der Waals surface area contributed by atoms with Crippen LogP contribution < -0.4 is 0 Å². The summed E-state index contributed by atoms with van der Waals surface area (Å²) in [5.41, 5.74) is 2.26. The average molecular weight is 238 g/mol. The molecule has 3 heteroatoms. The standard InChI is InChI=1S/C13H18O2S/c1-9(2)8-11-4-6-12(7-5-11)10(3)13(14)15-16/h4-7,9-10,16H,8H2,1-3H3. The van der Waals surface area contributed by atoms with Gasteiger partial charge in [-0.05, 0) is 30.4 Å². The van der Waals surface area contributed by atoms with Gasteiger partial charge in [0.2, 0.25) is 0 Å². The van der Waals surface area contributed by atoms with Crippen LogP contribution in [-0.2, 0) is 15.4 Å². The van der Waals surface area contributed by atoms with E-state index in [0.717, 1.165) is 12.0 Å². The topological polar surface area (TPSA) is 26.3 Å². The van der Waals surface area contributed by atoms with Crippen molar-refractivity contribution in [1.82, 2.24) is 0 Å². The van der Waals surface area contributed by atoms with Crippen molar-refractivity contribution >= 4 is 18.9 Å². The lowest BCUT2D eigenvalue weighted by molar-refractivity contribution is -0.134. The van der Waals surface area contributed by atoms with Crippen molar-refractivity contribution in [3.8, 4) is 0 Å². The van der Waals surface area contributed by atoms with E-state index >= 15 is 0 Å². The molecule has 0 amide bonds. The summed E-state index contributed by atoms with van der Waals surface area (Å²) in [4.78, 5) is 11.3. The van der Waals surface area contributed by atoms with Gasteiger partial charge in [-0.15, -0.1) is 0 Å². The number of hydrogen-bond donors (Lipinski definition) is 1. The van der Waals surface area contributed by atoms with E-state index in [1.54, 1.807) is 0 Å². The van der Waals surface area contributed by atoms with Gasteiger partial charge in [0.25, 0.3) is 0 Å². The van der Waals surface area contributed by atoms with Gasteiger partial charge in [0.1, 0.15) is 0 Å². The molecule has 2 nitrogen and oxygen atoms in total. The fraction of sp³-hybridized carbons (Fsp3) is 0.462. The minimum absolute atomic E-state index is 0.259. The maximum Gasteiger partial charge on any atom is 0.324 e. The van der Waals surface area contributed by atoms with Crippen molar-refractivity contribution in [3.63, 3.8) is 0 Å². The maximum absolute atomic E-state index is 11.3. The zero-order chi connectivity index (χ0) is 12.1. The van der Waals surface area contributed by atoms with Gasteiger partial charge in [0, 0.05) is 12.9 Å². The van der Waals surface area contributed by atoms with Crippen LogP contribution in [0.1, 0.15) is 37.8 Å². The minimum atomic E-state index is -0.319. The molecule has 16 heavy (non-hydrogen) atoms. The lowest BCUT2D eigenvalue weighted by Crippen LogP contribution is -2.08. The second kappa shape index (κ2) is 5.94. The van der Waals surface area contributed by atoms with Crippen molar-refractivity contribution in [3.05, 3.63) is 35.4 Å². The average Bonchev–Trinajstić information content (AvgIpc) is 2.27. The summed E-state index contributed by atoms with van der Waals surface area (Å²) < 4.78 is 4.42. The first kappa shape index (κ1) is 13.1. The van der Waals surface area contributed by atoms with E-state index in [1.165, 1.54) is 5.56 Å². The number of carbonyl (C=O) groups is 1. The summed E-state index contributed by atoms with van der Waals surface area (Å²) in [5.74, 6) is 0.0659. The molecule has 0 heterocycles. The Balaban J connectivity index is 2.74. The number of carbonyl (C=O) groups excluding carboxylic acids is 1. The number of benzene rings is 1. The summed E-state index contributed by atoms with van der Waals surface area (Å²) in [6.45, 7) is 6.19. The molecule has 1 atom stereocenters. The first-order valence-electron chi connectivity index (χ1n) is 5.48. The Labute approximate surface area is 103 Å². The molecular weight excluding hydrogens is 220 g/mol. The molecule has 1 aromatic rings. The third kappa shape index (κ3) is 3.56. The number of thiol groups is 1. The Morgan fingerprint density at radius 1 is 1.25 bits per heavy atom. The third-order valence-electron chi connectivity index (χ3n) is 2.57. The zero-order valence-electron chi connectivity index (χ0n) is 9.93. The van der Waals surface area contributed by atoms with Crippen molar-refractivity contribution in [2.24, 2.45) is 5.92 Å². The van der Waals surface area contributed by atoms with Crippen LogP contribution in [0.2, 0.25) is 0 Å². The molecule has 1 unspecified atom stereocenters. The second-order valence-corrected chi connectivity index (χ2v) is 4.65. The van der Waals surface area contributed by atoms with Crippen LogP contribution in [0.15, 0.2) is 24.3 Å². The van der Waals surface area contributed by atoms with E-state index in [1.807, 2.05) is 19.1 Å². The molecule has 1 aromatic carbocycles. The molecule has 0 aliphatic carbocycles. The highest BCUT2D eigenvalue weighted by molar-refractivity contribution is 7.75.